The lowest BCUT2D eigenvalue weighted by atomic mass is 10.2. The van der Waals surface area contributed by atoms with Crippen molar-refractivity contribution in [2.75, 3.05) is 33.5 Å². The van der Waals surface area contributed by atoms with Crippen molar-refractivity contribution in [1.82, 2.24) is 10.2 Å². The highest BCUT2D eigenvalue weighted by molar-refractivity contribution is 7.90. The Morgan fingerprint density at radius 3 is 2.33 bits per heavy atom. The van der Waals surface area contributed by atoms with Gasteiger partial charge < -0.3 is 15.0 Å². The Balaban J connectivity index is 1.82. The lowest BCUT2D eigenvalue weighted by Gasteiger charge is -2.22. The summed E-state index contributed by atoms with van der Waals surface area (Å²) in [5.41, 5.74) is 0.967. The number of ether oxygens (including phenoxy) is 1. The van der Waals surface area contributed by atoms with Crippen molar-refractivity contribution in [1.29, 1.82) is 0 Å². The summed E-state index contributed by atoms with van der Waals surface area (Å²) in [5.74, 6) is 1.49. The minimum absolute atomic E-state index is 0.312. The van der Waals surface area contributed by atoms with Crippen molar-refractivity contribution in [2.24, 2.45) is 4.99 Å². The van der Waals surface area contributed by atoms with Crippen molar-refractivity contribution in [3.05, 3.63) is 59.1 Å². The van der Waals surface area contributed by atoms with Gasteiger partial charge in [-0.05, 0) is 42.0 Å². The number of aliphatic imine (C=N–C) groups is 1. The van der Waals surface area contributed by atoms with Gasteiger partial charge in [0, 0.05) is 31.9 Å². The fourth-order valence-electron chi connectivity index (χ4n) is 2.36. The van der Waals surface area contributed by atoms with Crippen LogP contribution in [-0.2, 0) is 16.4 Å². The number of halogens is 1. The number of hydrogen-bond acceptors (Lipinski definition) is 4. The molecule has 0 heterocycles. The van der Waals surface area contributed by atoms with E-state index in [-0.39, 0.29) is 0 Å². The van der Waals surface area contributed by atoms with Crippen molar-refractivity contribution >= 4 is 27.4 Å². The lowest BCUT2D eigenvalue weighted by Crippen LogP contribution is -2.40. The molecule has 0 fully saturated rings. The van der Waals surface area contributed by atoms with Crippen LogP contribution < -0.4 is 10.1 Å². The summed E-state index contributed by atoms with van der Waals surface area (Å²) in [4.78, 5) is 6.53. The van der Waals surface area contributed by atoms with Crippen LogP contribution in [-0.4, -0.2) is 52.8 Å². The monoisotopic (exact) mass is 409 g/mol. The minimum atomic E-state index is -3.18. The van der Waals surface area contributed by atoms with E-state index < -0.39 is 9.84 Å². The fraction of sp³-hybridized carbons (Fsp3) is 0.316. The smallest absolute Gasteiger partial charge is 0.193 e. The second-order valence-corrected chi connectivity index (χ2v) is 8.49. The maximum absolute atomic E-state index is 11.5. The molecule has 1 N–H and O–H groups in total. The molecule has 8 heteroatoms. The van der Waals surface area contributed by atoms with Gasteiger partial charge in [0.2, 0.25) is 0 Å². The number of nitrogens with zero attached hydrogens (tertiary/aromatic N) is 2. The Morgan fingerprint density at radius 2 is 1.78 bits per heavy atom. The molecule has 0 aliphatic carbocycles. The van der Waals surface area contributed by atoms with Crippen molar-refractivity contribution in [3.8, 4) is 5.75 Å². The number of hydrogen-bond donors (Lipinski definition) is 1. The Hall–Kier alpha value is -2.25. The predicted molar refractivity (Wildman–Crippen MR) is 109 cm³/mol. The second-order valence-electron chi connectivity index (χ2n) is 6.04. The molecular formula is C19H24ClN3O3S. The molecule has 27 heavy (non-hydrogen) atoms. The molecule has 0 amide bonds. The summed E-state index contributed by atoms with van der Waals surface area (Å²) in [5, 5.41) is 3.93. The Kier molecular flexibility index (Phi) is 7.50. The molecular weight excluding hydrogens is 386 g/mol. The van der Waals surface area contributed by atoms with E-state index in [2.05, 4.69) is 10.3 Å². The van der Waals surface area contributed by atoms with Gasteiger partial charge in [0.15, 0.2) is 15.8 Å². The van der Waals surface area contributed by atoms with Crippen molar-refractivity contribution in [2.45, 2.75) is 11.4 Å². The highest BCUT2D eigenvalue weighted by Crippen LogP contribution is 2.15. The van der Waals surface area contributed by atoms with Gasteiger partial charge >= 0.3 is 0 Å². The molecule has 0 aromatic heterocycles. The van der Waals surface area contributed by atoms with E-state index in [4.69, 9.17) is 16.3 Å². The Labute approximate surface area is 165 Å². The van der Waals surface area contributed by atoms with E-state index in [0.717, 1.165) is 17.3 Å². The van der Waals surface area contributed by atoms with Crippen LogP contribution in [0.4, 0.5) is 0 Å². The predicted octanol–water partition coefficient (Wildman–Crippen LogP) is 2.83. The number of benzene rings is 2. The number of nitrogens with one attached hydrogen (secondary N) is 1. The van der Waals surface area contributed by atoms with Crippen LogP contribution in [0.5, 0.6) is 5.75 Å². The van der Waals surface area contributed by atoms with Crippen LogP contribution in [0.3, 0.4) is 0 Å². The molecule has 0 aliphatic rings. The van der Waals surface area contributed by atoms with Gasteiger partial charge in [0.25, 0.3) is 0 Å². The number of likely N-dealkylation sites (N-methyl/N-ethyl adjacent to an activating group) is 1. The lowest BCUT2D eigenvalue weighted by molar-refractivity contribution is 0.281. The minimum Gasteiger partial charge on any atom is -0.492 e. The molecule has 0 radical (unpaired) electrons. The topological polar surface area (TPSA) is 71.0 Å². The molecule has 2 aromatic carbocycles. The van der Waals surface area contributed by atoms with Crippen LogP contribution in [0.15, 0.2) is 58.4 Å². The first-order valence-corrected chi connectivity index (χ1v) is 10.7. The van der Waals surface area contributed by atoms with Gasteiger partial charge in [0.1, 0.15) is 12.4 Å². The largest absolute Gasteiger partial charge is 0.492 e. The molecule has 6 nitrogen and oxygen atoms in total. The fourth-order valence-corrected chi connectivity index (χ4v) is 3.11. The van der Waals surface area contributed by atoms with Gasteiger partial charge in [-0.2, -0.15) is 0 Å². The van der Waals surface area contributed by atoms with E-state index in [1.807, 2.05) is 24.1 Å². The van der Waals surface area contributed by atoms with Crippen LogP contribution >= 0.6 is 11.6 Å². The summed E-state index contributed by atoms with van der Waals surface area (Å²) in [6.07, 6.45) is 1.20. The number of guanidine groups is 1. The molecule has 0 spiro atoms. The van der Waals surface area contributed by atoms with Gasteiger partial charge in [-0.3, -0.25) is 4.99 Å². The standard InChI is InChI=1S/C19H24ClN3O3S/c1-21-19(22-14-15-4-10-18(11-5-15)27(3,24)25)23(2)12-13-26-17-8-6-16(20)7-9-17/h4-11H,12-14H2,1-3H3,(H,21,22). The summed E-state index contributed by atoms with van der Waals surface area (Å²) in [7, 11) is 0.460. The number of rotatable bonds is 7. The zero-order valence-corrected chi connectivity index (χ0v) is 17.2. The SMILES string of the molecule is CN=C(NCc1ccc(S(C)(=O)=O)cc1)N(C)CCOc1ccc(Cl)cc1. The van der Waals surface area contributed by atoms with Gasteiger partial charge in [0.05, 0.1) is 11.4 Å². The second kappa shape index (κ2) is 9.62. The van der Waals surface area contributed by atoms with E-state index in [0.29, 0.717) is 29.6 Å². The van der Waals surface area contributed by atoms with Crippen LogP contribution in [0.1, 0.15) is 5.56 Å². The first-order chi connectivity index (χ1) is 12.8. The zero-order chi connectivity index (χ0) is 19.9. The van der Waals surface area contributed by atoms with Gasteiger partial charge in [-0.1, -0.05) is 23.7 Å². The quantitative estimate of drug-likeness (QED) is 0.562. The molecule has 2 rings (SSSR count). The van der Waals surface area contributed by atoms with Crippen molar-refractivity contribution in [3.63, 3.8) is 0 Å². The first kappa shape index (κ1) is 21.1. The molecule has 0 bridgehead atoms. The van der Waals surface area contributed by atoms with E-state index >= 15 is 0 Å². The summed E-state index contributed by atoms with van der Waals surface area (Å²) >= 11 is 5.86. The van der Waals surface area contributed by atoms with Gasteiger partial charge in [-0.15, -0.1) is 0 Å². The van der Waals surface area contributed by atoms with Gasteiger partial charge in [-0.25, -0.2) is 8.42 Å². The zero-order valence-electron chi connectivity index (χ0n) is 15.6. The maximum atomic E-state index is 11.5. The van der Waals surface area contributed by atoms with Crippen molar-refractivity contribution < 1.29 is 13.2 Å². The highest BCUT2D eigenvalue weighted by Gasteiger charge is 2.08. The Bertz CT molecular complexity index is 866. The summed E-state index contributed by atoms with van der Waals surface area (Å²) < 4.78 is 28.7. The average Bonchev–Trinajstić information content (AvgIpc) is 2.63. The molecule has 2 aromatic rings. The van der Waals surface area contributed by atoms with Crippen LogP contribution in [0.25, 0.3) is 0 Å². The normalized spacial score (nSPS) is 11.9. The highest BCUT2D eigenvalue weighted by atomic mass is 35.5. The molecule has 0 aliphatic heterocycles. The van der Waals surface area contributed by atoms with Crippen LogP contribution in [0.2, 0.25) is 5.02 Å². The third kappa shape index (κ3) is 6.77. The molecule has 0 saturated heterocycles. The third-order valence-corrected chi connectivity index (χ3v) is 5.27. The van der Waals surface area contributed by atoms with E-state index in [1.165, 1.54) is 6.26 Å². The first-order valence-electron chi connectivity index (χ1n) is 8.39. The molecule has 0 unspecified atom stereocenters. The summed E-state index contributed by atoms with van der Waals surface area (Å²) in [6, 6.07) is 14.0. The number of sulfone groups is 1. The molecule has 0 saturated carbocycles. The third-order valence-electron chi connectivity index (χ3n) is 3.88. The maximum Gasteiger partial charge on any atom is 0.193 e. The molecule has 0 atom stereocenters. The Morgan fingerprint density at radius 1 is 1.15 bits per heavy atom. The molecule has 146 valence electrons. The van der Waals surface area contributed by atoms with E-state index in [1.54, 1.807) is 43.4 Å². The summed E-state index contributed by atoms with van der Waals surface area (Å²) in [6.45, 7) is 1.69. The van der Waals surface area contributed by atoms with Crippen LogP contribution in [0, 0.1) is 0 Å². The average molecular weight is 410 g/mol. The van der Waals surface area contributed by atoms with E-state index in [9.17, 15) is 8.42 Å².